The van der Waals surface area contributed by atoms with Crippen molar-refractivity contribution in [3.8, 4) is 0 Å². The van der Waals surface area contributed by atoms with Crippen LogP contribution in [0.2, 0.25) is 0 Å². The minimum absolute atomic E-state index is 0.124. The first-order valence-electron chi connectivity index (χ1n) is 7.15. The summed E-state index contributed by atoms with van der Waals surface area (Å²) in [5.41, 5.74) is 1.99. The predicted molar refractivity (Wildman–Crippen MR) is 87.7 cm³/mol. The van der Waals surface area contributed by atoms with Crippen LogP contribution >= 0.6 is 7.75 Å². The summed E-state index contributed by atoms with van der Waals surface area (Å²) in [4.78, 5) is 28.5. The van der Waals surface area contributed by atoms with Gasteiger partial charge in [0.25, 0.3) is 5.91 Å². The van der Waals surface area contributed by atoms with Gasteiger partial charge in [-0.25, -0.2) is 9.55 Å². The minimum atomic E-state index is -3.84. The van der Waals surface area contributed by atoms with E-state index in [0.717, 1.165) is 0 Å². The highest BCUT2D eigenvalue weighted by Gasteiger charge is 2.15. The summed E-state index contributed by atoms with van der Waals surface area (Å²) in [6.45, 7) is 4.09. The van der Waals surface area contributed by atoms with Crippen LogP contribution in [-0.4, -0.2) is 33.9 Å². The van der Waals surface area contributed by atoms with Crippen molar-refractivity contribution in [3.63, 3.8) is 0 Å². The number of aromatic nitrogens is 2. The normalized spacial score (nSPS) is 14.0. The van der Waals surface area contributed by atoms with Gasteiger partial charge in [0, 0.05) is 18.3 Å². The predicted octanol–water partition coefficient (Wildman–Crippen LogP) is 2.01. The molecular formula is C14H19N4O4P. The van der Waals surface area contributed by atoms with Gasteiger partial charge in [0.1, 0.15) is 0 Å². The van der Waals surface area contributed by atoms with E-state index < -0.39 is 7.75 Å². The molecule has 1 aromatic carbocycles. The molecule has 1 aromatic heterocycles. The molecule has 0 aliphatic heterocycles. The molecule has 0 spiro atoms. The Morgan fingerprint density at radius 2 is 2.26 bits per heavy atom. The maximum atomic E-state index is 11.8. The lowest BCUT2D eigenvalue weighted by Gasteiger charge is -2.09. The molecule has 0 aliphatic carbocycles. The highest BCUT2D eigenvalue weighted by atomic mass is 31.2. The van der Waals surface area contributed by atoms with E-state index in [2.05, 4.69) is 20.4 Å². The summed E-state index contributed by atoms with van der Waals surface area (Å²) < 4.78 is 16.2. The number of benzene rings is 1. The zero-order chi connectivity index (χ0) is 16.9. The number of nitrogens with zero attached hydrogens (tertiary/aromatic N) is 1. The fourth-order valence-corrected chi connectivity index (χ4v) is 2.66. The van der Waals surface area contributed by atoms with Crippen LogP contribution in [0.5, 0.6) is 0 Å². The average Bonchev–Trinajstić information content (AvgIpc) is 2.92. The lowest BCUT2D eigenvalue weighted by molar-refractivity contribution is 0.0946. The summed E-state index contributed by atoms with van der Waals surface area (Å²) in [7, 11) is -3.84. The Morgan fingerprint density at radius 3 is 2.96 bits per heavy atom. The van der Waals surface area contributed by atoms with Gasteiger partial charge in [-0.2, -0.15) is 0 Å². The third-order valence-electron chi connectivity index (χ3n) is 2.90. The largest absolute Gasteiger partial charge is 0.429 e. The van der Waals surface area contributed by atoms with Crippen LogP contribution in [0, 0.1) is 0 Å². The van der Waals surface area contributed by atoms with Crippen LogP contribution in [0.3, 0.4) is 0 Å². The van der Waals surface area contributed by atoms with E-state index >= 15 is 0 Å². The highest BCUT2D eigenvalue weighted by molar-refractivity contribution is 7.50. The number of fused-ring (bicyclic) bond motifs is 1. The number of hydrogen-bond donors (Lipinski definition) is 4. The number of carbonyl (C=O) groups is 1. The molecule has 0 bridgehead atoms. The Hall–Kier alpha value is -2.15. The molecule has 0 saturated carbocycles. The summed E-state index contributed by atoms with van der Waals surface area (Å²) in [5, 5.41) is 4.98. The van der Waals surface area contributed by atoms with Crippen molar-refractivity contribution in [1.82, 2.24) is 20.4 Å². The molecule has 0 saturated heterocycles. The molecule has 2 rings (SSSR count). The van der Waals surface area contributed by atoms with Crippen LogP contribution in [-0.2, 0) is 9.09 Å². The Kier molecular flexibility index (Phi) is 5.54. The molecule has 4 N–H and O–H groups in total. The minimum Gasteiger partial charge on any atom is -0.350 e. The first-order chi connectivity index (χ1) is 11.0. The smallest absolute Gasteiger partial charge is 0.350 e. The third kappa shape index (κ3) is 4.41. The molecule has 23 heavy (non-hydrogen) atoms. The van der Waals surface area contributed by atoms with Gasteiger partial charge in [0.2, 0.25) is 0 Å². The van der Waals surface area contributed by atoms with Crippen LogP contribution in [0.15, 0.2) is 24.4 Å². The van der Waals surface area contributed by atoms with Crippen LogP contribution < -0.4 is 10.4 Å². The second-order valence-electron chi connectivity index (χ2n) is 4.59. The summed E-state index contributed by atoms with van der Waals surface area (Å²) in [6.07, 6.45) is 2.91. The van der Waals surface area contributed by atoms with Crippen molar-refractivity contribution >= 4 is 30.8 Å². The van der Waals surface area contributed by atoms with E-state index in [1.165, 1.54) is 6.20 Å². The number of imidazole rings is 1. The number of aromatic amines is 1. The van der Waals surface area contributed by atoms with E-state index in [9.17, 15) is 14.3 Å². The fourth-order valence-electron chi connectivity index (χ4n) is 1.97. The molecule has 124 valence electrons. The van der Waals surface area contributed by atoms with Gasteiger partial charge in [0.05, 0.1) is 17.6 Å². The molecular weight excluding hydrogens is 319 g/mol. The molecule has 8 nitrogen and oxygen atoms in total. The van der Waals surface area contributed by atoms with Crippen molar-refractivity contribution < 1.29 is 18.8 Å². The van der Waals surface area contributed by atoms with E-state index in [1.54, 1.807) is 31.2 Å². The Morgan fingerprint density at radius 1 is 1.48 bits per heavy atom. The van der Waals surface area contributed by atoms with Gasteiger partial charge in [-0.1, -0.05) is 12.1 Å². The number of hydrogen-bond acceptors (Lipinski definition) is 4. The highest BCUT2D eigenvalue weighted by Crippen LogP contribution is 2.36. The number of carbonyl (C=O) groups excluding carboxylic acids is 1. The van der Waals surface area contributed by atoms with Crippen molar-refractivity contribution in [2.24, 2.45) is 0 Å². The van der Waals surface area contributed by atoms with Gasteiger partial charge in [-0.3, -0.25) is 14.4 Å². The monoisotopic (exact) mass is 338 g/mol. The SMILES string of the molecule is CCNC(=O)c1nc2c(/C=C/NP(=O)(O)OCC)cccc2[nH]1. The molecule has 1 unspecified atom stereocenters. The van der Waals surface area contributed by atoms with E-state index in [-0.39, 0.29) is 18.3 Å². The van der Waals surface area contributed by atoms with Crippen molar-refractivity contribution in [1.29, 1.82) is 0 Å². The number of amides is 1. The number of rotatable bonds is 7. The summed E-state index contributed by atoms with van der Waals surface area (Å²) in [5.74, 6) is -0.0641. The second kappa shape index (κ2) is 7.41. The molecule has 0 aliphatic rings. The maximum absolute atomic E-state index is 11.8. The van der Waals surface area contributed by atoms with Crippen LogP contribution in [0.25, 0.3) is 17.1 Å². The van der Waals surface area contributed by atoms with Crippen LogP contribution in [0.1, 0.15) is 30.0 Å². The van der Waals surface area contributed by atoms with E-state index in [4.69, 9.17) is 4.52 Å². The van der Waals surface area contributed by atoms with E-state index in [0.29, 0.717) is 23.1 Å². The average molecular weight is 338 g/mol. The topological polar surface area (TPSA) is 116 Å². The Balaban J connectivity index is 2.24. The molecule has 0 fully saturated rings. The first kappa shape index (κ1) is 17.2. The number of nitrogens with one attached hydrogen (secondary N) is 3. The second-order valence-corrected chi connectivity index (χ2v) is 6.15. The lowest BCUT2D eigenvalue weighted by Crippen LogP contribution is -2.23. The van der Waals surface area contributed by atoms with Gasteiger partial charge in [0.15, 0.2) is 5.82 Å². The van der Waals surface area contributed by atoms with Crippen molar-refractivity contribution in [3.05, 3.63) is 35.8 Å². The Bertz CT molecular complexity index is 771. The third-order valence-corrected chi connectivity index (χ3v) is 3.98. The number of para-hydroxylation sites is 1. The van der Waals surface area contributed by atoms with Crippen molar-refractivity contribution in [2.75, 3.05) is 13.2 Å². The first-order valence-corrected chi connectivity index (χ1v) is 8.73. The van der Waals surface area contributed by atoms with Gasteiger partial charge < -0.3 is 15.2 Å². The van der Waals surface area contributed by atoms with Crippen molar-refractivity contribution in [2.45, 2.75) is 13.8 Å². The summed E-state index contributed by atoms with van der Waals surface area (Å²) in [6, 6.07) is 5.38. The van der Waals surface area contributed by atoms with Gasteiger partial charge >= 0.3 is 7.75 Å². The van der Waals surface area contributed by atoms with Crippen LogP contribution in [0.4, 0.5) is 0 Å². The standard InChI is InChI=1S/C14H19N4O4P/c1-3-15-14(19)13-17-11-7-5-6-10(12(11)18-13)8-9-16-23(20,21)22-4-2/h5-9H,3-4H2,1-2H3,(H,15,19)(H,17,18)(H2,16,20,21)/b9-8+. The van der Waals surface area contributed by atoms with E-state index in [1.807, 2.05) is 6.92 Å². The quantitative estimate of drug-likeness (QED) is 0.574. The molecule has 1 heterocycles. The molecule has 9 heteroatoms. The lowest BCUT2D eigenvalue weighted by atomic mass is 10.2. The van der Waals surface area contributed by atoms with Gasteiger partial charge in [-0.05, 0) is 26.0 Å². The molecule has 1 atom stereocenters. The zero-order valence-electron chi connectivity index (χ0n) is 12.9. The zero-order valence-corrected chi connectivity index (χ0v) is 13.8. The Labute approximate surface area is 133 Å². The molecule has 0 radical (unpaired) electrons. The molecule has 1 amide bonds. The van der Waals surface area contributed by atoms with Gasteiger partial charge in [-0.15, -0.1) is 0 Å². The fraction of sp³-hybridized carbons (Fsp3) is 0.286. The number of H-pyrrole nitrogens is 1. The summed E-state index contributed by atoms with van der Waals surface area (Å²) >= 11 is 0. The maximum Gasteiger partial charge on any atom is 0.429 e. The molecule has 2 aromatic rings.